The Kier molecular flexibility index (Phi) is 4.46. The monoisotopic (exact) mass is 362 g/mol. The number of nitrogen functional groups attached to an aromatic ring is 1. The van der Waals surface area contributed by atoms with Gasteiger partial charge in [0.2, 0.25) is 0 Å². The Bertz CT molecular complexity index is 945. The van der Waals surface area contributed by atoms with Gasteiger partial charge in [0.1, 0.15) is 0 Å². The predicted octanol–water partition coefficient (Wildman–Crippen LogP) is 3.08. The highest BCUT2D eigenvalue weighted by Gasteiger charge is 2.23. The number of para-hydroxylation sites is 3. The predicted molar refractivity (Wildman–Crippen MR) is 108 cm³/mol. The van der Waals surface area contributed by atoms with Crippen molar-refractivity contribution in [2.24, 2.45) is 0 Å². The molecule has 0 bridgehead atoms. The lowest BCUT2D eigenvalue weighted by molar-refractivity contribution is 0.0697. The molecule has 4 rings (SSSR count). The van der Waals surface area contributed by atoms with E-state index in [0.717, 1.165) is 43.2 Å². The molecule has 27 heavy (non-hydrogen) atoms. The number of anilines is 3. The van der Waals surface area contributed by atoms with E-state index < -0.39 is 5.97 Å². The van der Waals surface area contributed by atoms with Crippen molar-refractivity contribution in [1.82, 2.24) is 4.57 Å². The summed E-state index contributed by atoms with van der Waals surface area (Å²) in [7, 11) is 0. The molecule has 2 aromatic carbocycles. The van der Waals surface area contributed by atoms with E-state index in [0.29, 0.717) is 11.3 Å². The summed E-state index contributed by atoms with van der Waals surface area (Å²) < 4.78 is 1.88. The van der Waals surface area contributed by atoms with Crippen LogP contribution in [0.25, 0.3) is 5.69 Å². The molecule has 0 aliphatic carbocycles. The molecule has 0 saturated carbocycles. The molecular formula is C21H22N4O2. The van der Waals surface area contributed by atoms with Crippen LogP contribution in [-0.2, 0) is 0 Å². The van der Waals surface area contributed by atoms with Crippen LogP contribution in [0.2, 0.25) is 0 Å². The van der Waals surface area contributed by atoms with Crippen LogP contribution in [0.15, 0.2) is 67.0 Å². The minimum atomic E-state index is -0.920. The van der Waals surface area contributed by atoms with Gasteiger partial charge >= 0.3 is 5.97 Å². The molecule has 0 unspecified atom stereocenters. The zero-order valence-electron chi connectivity index (χ0n) is 15.0. The van der Waals surface area contributed by atoms with Gasteiger partial charge in [0.05, 0.1) is 28.3 Å². The number of aromatic nitrogens is 1. The molecule has 1 fully saturated rings. The maximum atomic E-state index is 11.8. The van der Waals surface area contributed by atoms with E-state index in [1.807, 2.05) is 65.5 Å². The van der Waals surface area contributed by atoms with Crippen molar-refractivity contribution in [2.75, 3.05) is 41.7 Å². The number of nitrogens with zero attached hydrogens (tertiary/aromatic N) is 3. The Morgan fingerprint density at radius 1 is 0.815 bits per heavy atom. The Morgan fingerprint density at radius 3 is 2.04 bits per heavy atom. The summed E-state index contributed by atoms with van der Waals surface area (Å²) in [5.41, 5.74) is 9.91. The van der Waals surface area contributed by atoms with Gasteiger partial charge in [0, 0.05) is 38.6 Å². The van der Waals surface area contributed by atoms with Crippen LogP contribution in [-0.4, -0.2) is 41.8 Å². The number of carbonyl (C=O) groups is 1. The van der Waals surface area contributed by atoms with Gasteiger partial charge in [-0.25, -0.2) is 4.79 Å². The number of nitrogens with two attached hydrogens (primary N) is 1. The average Bonchev–Trinajstić information content (AvgIpc) is 3.22. The Hall–Kier alpha value is -3.41. The summed E-state index contributed by atoms with van der Waals surface area (Å²) in [6.07, 6.45) is 3.76. The standard InChI is InChI=1S/C21H22N4O2/c22-17-7-1-2-8-18(17)23-12-14-24(15-13-23)19-9-5-6-16(21(26)27)20(19)25-10-3-4-11-25/h1-11H,12-15,22H2,(H,26,27). The average molecular weight is 362 g/mol. The number of aromatic carboxylic acids is 1. The lowest BCUT2D eigenvalue weighted by atomic mass is 10.1. The third-order valence-corrected chi connectivity index (χ3v) is 5.01. The Balaban J connectivity index is 1.63. The van der Waals surface area contributed by atoms with Gasteiger partial charge < -0.3 is 25.2 Å². The number of benzene rings is 2. The van der Waals surface area contributed by atoms with Crippen LogP contribution in [0.5, 0.6) is 0 Å². The second kappa shape index (κ2) is 7.07. The lowest BCUT2D eigenvalue weighted by Gasteiger charge is -2.38. The highest BCUT2D eigenvalue weighted by Crippen LogP contribution is 2.31. The molecule has 1 aliphatic rings. The second-order valence-electron chi connectivity index (χ2n) is 6.60. The van der Waals surface area contributed by atoms with Crippen LogP contribution < -0.4 is 15.5 Å². The molecule has 1 aromatic heterocycles. The van der Waals surface area contributed by atoms with Gasteiger partial charge in [0.15, 0.2) is 0 Å². The lowest BCUT2D eigenvalue weighted by Crippen LogP contribution is -2.47. The molecule has 0 amide bonds. The number of carboxylic acids is 1. The normalized spacial score (nSPS) is 14.4. The summed E-state index contributed by atoms with van der Waals surface area (Å²) in [5, 5.41) is 9.65. The first-order chi connectivity index (χ1) is 13.1. The molecule has 1 saturated heterocycles. The van der Waals surface area contributed by atoms with E-state index in [1.54, 1.807) is 6.07 Å². The molecule has 0 spiro atoms. The first-order valence-corrected chi connectivity index (χ1v) is 8.99. The molecule has 0 atom stereocenters. The van der Waals surface area contributed by atoms with Crippen molar-refractivity contribution in [3.63, 3.8) is 0 Å². The van der Waals surface area contributed by atoms with Gasteiger partial charge in [-0.3, -0.25) is 0 Å². The highest BCUT2D eigenvalue weighted by atomic mass is 16.4. The minimum absolute atomic E-state index is 0.304. The smallest absolute Gasteiger partial charge is 0.337 e. The highest BCUT2D eigenvalue weighted by molar-refractivity contribution is 5.95. The van der Waals surface area contributed by atoms with Crippen molar-refractivity contribution in [2.45, 2.75) is 0 Å². The topological polar surface area (TPSA) is 74.7 Å². The van der Waals surface area contributed by atoms with Crippen molar-refractivity contribution < 1.29 is 9.90 Å². The number of hydrogen-bond acceptors (Lipinski definition) is 4. The van der Waals surface area contributed by atoms with Crippen LogP contribution in [0.1, 0.15) is 10.4 Å². The second-order valence-corrected chi connectivity index (χ2v) is 6.60. The molecular weight excluding hydrogens is 340 g/mol. The third kappa shape index (κ3) is 3.21. The van der Waals surface area contributed by atoms with Gasteiger partial charge in [-0.05, 0) is 36.4 Å². The van der Waals surface area contributed by atoms with Crippen molar-refractivity contribution in [3.8, 4) is 5.69 Å². The molecule has 138 valence electrons. The van der Waals surface area contributed by atoms with Crippen LogP contribution in [0.4, 0.5) is 17.1 Å². The summed E-state index contributed by atoms with van der Waals surface area (Å²) >= 11 is 0. The van der Waals surface area contributed by atoms with E-state index >= 15 is 0 Å². The quantitative estimate of drug-likeness (QED) is 0.698. The van der Waals surface area contributed by atoms with E-state index in [4.69, 9.17) is 5.73 Å². The largest absolute Gasteiger partial charge is 0.478 e. The number of carboxylic acid groups (broad SMARTS) is 1. The van der Waals surface area contributed by atoms with Gasteiger partial charge in [-0.2, -0.15) is 0 Å². The summed E-state index contributed by atoms with van der Waals surface area (Å²) in [5.74, 6) is -0.920. The Labute approximate surface area is 158 Å². The van der Waals surface area contributed by atoms with E-state index in [-0.39, 0.29) is 0 Å². The number of piperazine rings is 1. The molecule has 1 aliphatic heterocycles. The van der Waals surface area contributed by atoms with Crippen LogP contribution in [0, 0.1) is 0 Å². The van der Waals surface area contributed by atoms with Crippen LogP contribution >= 0.6 is 0 Å². The molecule has 3 aromatic rings. The number of hydrogen-bond donors (Lipinski definition) is 2. The van der Waals surface area contributed by atoms with Crippen LogP contribution in [0.3, 0.4) is 0 Å². The zero-order valence-corrected chi connectivity index (χ0v) is 15.0. The van der Waals surface area contributed by atoms with E-state index in [1.165, 1.54) is 0 Å². The molecule has 6 heteroatoms. The summed E-state index contributed by atoms with van der Waals surface area (Å²) in [6, 6.07) is 17.2. The fourth-order valence-electron chi connectivity index (χ4n) is 3.68. The van der Waals surface area contributed by atoms with Gasteiger partial charge in [0.25, 0.3) is 0 Å². The number of rotatable bonds is 4. The fourth-order valence-corrected chi connectivity index (χ4v) is 3.68. The fraction of sp³-hybridized carbons (Fsp3) is 0.190. The zero-order chi connectivity index (χ0) is 18.8. The summed E-state index contributed by atoms with van der Waals surface area (Å²) in [6.45, 7) is 3.25. The van der Waals surface area contributed by atoms with E-state index in [2.05, 4.69) is 9.80 Å². The molecule has 6 nitrogen and oxygen atoms in total. The first kappa shape index (κ1) is 17.0. The first-order valence-electron chi connectivity index (χ1n) is 8.99. The van der Waals surface area contributed by atoms with Crippen molar-refractivity contribution >= 4 is 23.0 Å². The van der Waals surface area contributed by atoms with Gasteiger partial charge in [-0.1, -0.05) is 18.2 Å². The van der Waals surface area contributed by atoms with E-state index in [9.17, 15) is 9.90 Å². The summed E-state index contributed by atoms with van der Waals surface area (Å²) in [4.78, 5) is 16.3. The van der Waals surface area contributed by atoms with Crippen molar-refractivity contribution in [1.29, 1.82) is 0 Å². The maximum absolute atomic E-state index is 11.8. The third-order valence-electron chi connectivity index (χ3n) is 5.01. The van der Waals surface area contributed by atoms with Gasteiger partial charge in [-0.15, -0.1) is 0 Å². The molecule has 3 N–H and O–H groups in total. The minimum Gasteiger partial charge on any atom is -0.478 e. The Morgan fingerprint density at radius 2 is 1.41 bits per heavy atom. The SMILES string of the molecule is Nc1ccccc1N1CCN(c2cccc(C(=O)O)c2-n2cccc2)CC1. The molecule has 2 heterocycles. The maximum Gasteiger partial charge on any atom is 0.337 e. The molecule has 0 radical (unpaired) electrons. The van der Waals surface area contributed by atoms with Crippen molar-refractivity contribution in [3.05, 3.63) is 72.6 Å².